The first kappa shape index (κ1) is 14.1. The van der Waals surface area contributed by atoms with Gasteiger partial charge in [0.15, 0.2) is 17.5 Å². The van der Waals surface area contributed by atoms with Gasteiger partial charge in [-0.05, 0) is 29.8 Å². The summed E-state index contributed by atoms with van der Waals surface area (Å²) in [5, 5.41) is 2.18. The van der Waals surface area contributed by atoms with Crippen molar-refractivity contribution >= 4 is 11.6 Å². The number of benzene rings is 2. The SMILES string of the molecule is NCc1cccc(C(=O)Nc2ccc(F)c(F)c2F)c1. The number of amides is 1. The molecule has 0 heterocycles. The van der Waals surface area contributed by atoms with E-state index in [-0.39, 0.29) is 12.1 Å². The van der Waals surface area contributed by atoms with Gasteiger partial charge in [0, 0.05) is 12.1 Å². The molecule has 0 bridgehead atoms. The molecule has 0 aliphatic carbocycles. The average Bonchev–Trinajstić information content (AvgIpc) is 2.48. The highest BCUT2D eigenvalue weighted by molar-refractivity contribution is 6.04. The molecule has 0 saturated carbocycles. The zero-order valence-electron chi connectivity index (χ0n) is 10.3. The average molecular weight is 280 g/mol. The molecule has 0 saturated heterocycles. The van der Waals surface area contributed by atoms with Gasteiger partial charge in [0.25, 0.3) is 5.91 Å². The van der Waals surface area contributed by atoms with Crippen molar-refractivity contribution in [1.29, 1.82) is 0 Å². The number of carbonyl (C=O) groups is 1. The van der Waals surface area contributed by atoms with Gasteiger partial charge < -0.3 is 11.1 Å². The van der Waals surface area contributed by atoms with Crippen LogP contribution in [-0.4, -0.2) is 5.91 Å². The van der Waals surface area contributed by atoms with Crippen LogP contribution in [0.25, 0.3) is 0 Å². The van der Waals surface area contributed by atoms with Gasteiger partial charge in [0.05, 0.1) is 5.69 Å². The maximum absolute atomic E-state index is 13.4. The number of nitrogens with one attached hydrogen (secondary N) is 1. The number of hydrogen-bond donors (Lipinski definition) is 2. The number of halogens is 3. The lowest BCUT2D eigenvalue weighted by Gasteiger charge is -2.08. The van der Waals surface area contributed by atoms with E-state index in [2.05, 4.69) is 5.32 Å². The summed E-state index contributed by atoms with van der Waals surface area (Å²) < 4.78 is 39.3. The third kappa shape index (κ3) is 2.80. The topological polar surface area (TPSA) is 55.1 Å². The van der Waals surface area contributed by atoms with Crippen LogP contribution in [0.3, 0.4) is 0 Å². The monoisotopic (exact) mass is 280 g/mol. The smallest absolute Gasteiger partial charge is 0.255 e. The molecule has 20 heavy (non-hydrogen) atoms. The van der Waals surface area contributed by atoms with Crippen LogP contribution in [0.5, 0.6) is 0 Å². The largest absolute Gasteiger partial charge is 0.326 e. The van der Waals surface area contributed by atoms with Crippen LogP contribution in [0.15, 0.2) is 36.4 Å². The van der Waals surface area contributed by atoms with Gasteiger partial charge in [-0.1, -0.05) is 12.1 Å². The first-order valence-corrected chi connectivity index (χ1v) is 5.76. The summed E-state index contributed by atoms with van der Waals surface area (Å²) in [6, 6.07) is 8.09. The van der Waals surface area contributed by atoms with Crippen LogP contribution < -0.4 is 11.1 Å². The van der Waals surface area contributed by atoms with Gasteiger partial charge in [0.1, 0.15) is 0 Å². The second-order valence-corrected chi connectivity index (χ2v) is 4.08. The van der Waals surface area contributed by atoms with Crippen LogP contribution in [0.4, 0.5) is 18.9 Å². The highest BCUT2D eigenvalue weighted by atomic mass is 19.2. The molecule has 0 aliphatic heterocycles. The third-order valence-corrected chi connectivity index (χ3v) is 2.71. The van der Waals surface area contributed by atoms with Crippen molar-refractivity contribution in [3.05, 3.63) is 65.0 Å². The van der Waals surface area contributed by atoms with Gasteiger partial charge in [-0.2, -0.15) is 0 Å². The normalized spacial score (nSPS) is 10.4. The van der Waals surface area contributed by atoms with Crippen molar-refractivity contribution in [3.8, 4) is 0 Å². The van der Waals surface area contributed by atoms with E-state index in [0.717, 1.165) is 17.7 Å². The molecule has 0 fully saturated rings. The van der Waals surface area contributed by atoms with E-state index in [4.69, 9.17) is 5.73 Å². The van der Waals surface area contributed by atoms with Crippen LogP contribution in [0.1, 0.15) is 15.9 Å². The second kappa shape index (κ2) is 5.75. The minimum absolute atomic E-state index is 0.247. The first-order valence-electron chi connectivity index (χ1n) is 5.76. The van der Waals surface area contributed by atoms with E-state index in [1.165, 1.54) is 12.1 Å². The van der Waals surface area contributed by atoms with E-state index in [1.54, 1.807) is 12.1 Å². The molecule has 0 aliphatic rings. The minimum atomic E-state index is -1.63. The number of hydrogen-bond acceptors (Lipinski definition) is 2. The van der Waals surface area contributed by atoms with Crippen molar-refractivity contribution in [2.75, 3.05) is 5.32 Å². The summed E-state index contributed by atoms with van der Waals surface area (Å²) in [7, 11) is 0. The lowest BCUT2D eigenvalue weighted by atomic mass is 10.1. The van der Waals surface area contributed by atoms with E-state index >= 15 is 0 Å². The van der Waals surface area contributed by atoms with Crippen molar-refractivity contribution in [2.24, 2.45) is 5.73 Å². The molecule has 104 valence electrons. The fraction of sp³-hybridized carbons (Fsp3) is 0.0714. The van der Waals surface area contributed by atoms with Crippen molar-refractivity contribution in [2.45, 2.75) is 6.54 Å². The highest BCUT2D eigenvalue weighted by Gasteiger charge is 2.16. The molecule has 0 atom stereocenters. The Balaban J connectivity index is 2.25. The summed E-state index contributed by atoms with van der Waals surface area (Å²) in [5.74, 6) is -5.01. The maximum atomic E-state index is 13.4. The molecule has 0 unspecified atom stereocenters. The molecule has 2 aromatic carbocycles. The molecular formula is C14H11F3N2O. The van der Waals surface area contributed by atoms with Gasteiger partial charge in [-0.25, -0.2) is 13.2 Å². The molecule has 0 aromatic heterocycles. The van der Waals surface area contributed by atoms with Gasteiger partial charge in [-0.15, -0.1) is 0 Å². The molecule has 3 N–H and O–H groups in total. The lowest BCUT2D eigenvalue weighted by molar-refractivity contribution is 0.102. The van der Waals surface area contributed by atoms with Gasteiger partial charge >= 0.3 is 0 Å². The Labute approximate surface area is 113 Å². The Bertz CT molecular complexity index is 659. The number of anilines is 1. The first-order chi connectivity index (χ1) is 9.52. The zero-order valence-corrected chi connectivity index (χ0v) is 10.3. The summed E-state index contributed by atoms with van der Waals surface area (Å²) in [4.78, 5) is 11.9. The molecule has 0 spiro atoms. The Morgan fingerprint density at radius 2 is 1.85 bits per heavy atom. The molecule has 2 rings (SSSR count). The van der Waals surface area contributed by atoms with E-state index in [9.17, 15) is 18.0 Å². The van der Waals surface area contributed by atoms with Gasteiger partial charge in [-0.3, -0.25) is 4.79 Å². The zero-order chi connectivity index (χ0) is 14.7. The molecule has 0 radical (unpaired) electrons. The Hall–Kier alpha value is -2.34. The summed E-state index contributed by atoms with van der Waals surface area (Å²) in [6.07, 6.45) is 0. The predicted molar refractivity (Wildman–Crippen MR) is 68.6 cm³/mol. The quantitative estimate of drug-likeness (QED) is 0.849. The van der Waals surface area contributed by atoms with Crippen molar-refractivity contribution in [3.63, 3.8) is 0 Å². The molecule has 2 aromatic rings. The summed E-state index contributed by atoms with van der Waals surface area (Å²) in [6.45, 7) is 0.251. The van der Waals surface area contributed by atoms with Crippen LogP contribution in [-0.2, 0) is 6.54 Å². The van der Waals surface area contributed by atoms with E-state index < -0.39 is 29.0 Å². The lowest BCUT2D eigenvalue weighted by Crippen LogP contribution is -2.14. The molecule has 6 heteroatoms. The fourth-order valence-electron chi connectivity index (χ4n) is 1.66. The Kier molecular flexibility index (Phi) is 4.05. The van der Waals surface area contributed by atoms with Crippen LogP contribution >= 0.6 is 0 Å². The minimum Gasteiger partial charge on any atom is -0.326 e. The highest BCUT2D eigenvalue weighted by Crippen LogP contribution is 2.20. The van der Waals surface area contributed by atoms with E-state index in [0.29, 0.717) is 0 Å². The Morgan fingerprint density at radius 1 is 1.10 bits per heavy atom. The number of nitrogens with two attached hydrogens (primary N) is 1. The standard InChI is InChI=1S/C14H11F3N2O/c15-10-4-5-11(13(17)12(10)16)19-14(20)9-3-1-2-8(6-9)7-18/h1-6H,7,18H2,(H,19,20). The third-order valence-electron chi connectivity index (χ3n) is 2.71. The van der Waals surface area contributed by atoms with E-state index in [1.807, 2.05) is 0 Å². The molecule has 3 nitrogen and oxygen atoms in total. The van der Waals surface area contributed by atoms with Crippen molar-refractivity contribution < 1.29 is 18.0 Å². The summed E-state index contributed by atoms with van der Waals surface area (Å²) >= 11 is 0. The number of carbonyl (C=O) groups excluding carboxylic acids is 1. The van der Waals surface area contributed by atoms with Crippen LogP contribution in [0, 0.1) is 17.5 Å². The molecule has 1 amide bonds. The Morgan fingerprint density at radius 3 is 2.55 bits per heavy atom. The summed E-state index contributed by atoms with van der Waals surface area (Å²) in [5.41, 5.74) is 6.00. The maximum Gasteiger partial charge on any atom is 0.255 e. The molecular weight excluding hydrogens is 269 g/mol. The van der Waals surface area contributed by atoms with Gasteiger partial charge in [0.2, 0.25) is 0 Å². The predicted octanol–water partition coefficient (Wildman–Crippen LogP) is 2.81. The second-order valence-electron chi connectivity index (χ2n) is 4.08. The van der Waals surface area contributed by atoms with Crippen LogP contribution in [0.2, 0.25) is 0 Å². The fourth-order valence-corrected chi connectivity index (χ4v) is 1.66. The van der Waals surface area contributed by atoms with Crippen molar-refractivity contribution in [1.82, 2.24) is 0 Å². The number of rotatable bonds is 3.